The Balaban J connectivity index is 2.12. The molecule has 1 aliphatic rings. The minimum atomic E-state index is -4.43. The van der Waals surface area contributed by atoms with Crippen molar-refractivity contribution >= 4 is 5.91 Å². The van der Waals surface area contributed by atoms with Gasteiger partial charge in [-0.05, 0) is 31.7 Å². The summed E-state index contributed by atoms with van der Waals surface area (Å²) in [5.74, 6) is -0.0547. The van der Waals surface area contributed by atoms with Gasteiger partial charge in [0.1, 0.15) is 5.69 Å². The summed E-state index contributed by atoms with van der Waals surface area (Å²) < 4.78 is 41.2. The van der Waals surface area contributed by atoms with Crippen LogP contribution in [-0.2, 0) is 0 Å². The lowest BCUT2D eigenvalue weighted by Gasteiger charge is -2.28. The van der Waals surface area contributed by atoms with Gasteiger partial charge in [-0.2, -0.15) is 13.2 Å². The van der Waals surface area contributed by atoms with Crippen molar-refractivity contribution in [1.82, 2.24) is 9.88 Å². The first-order valence-corrected chi connectivity index (χ1v) is 7.74. The number of amides is 1. The van der Waals surface area contributed by atoms with E-state index in [-0.39, 0.29) is 23.5 Å². The molecule has 1 saturated heterocycles. The molecule has 2 heterocycles. The summed E-state index contributed by atoms with van der Waals surface area (Å²) in [5.41, 5.74) is 0.116. The van der Waals surface area contributed by atoms with Crippen molar-refractivity contribution in [2.24, 2.45) is 5.92 Å². The molecule has 0 bridgehead atoms. The number of likely N-dealkylation sites (tertiary alicyclic amines) is 1. The fraction of sp³-hybridized carbons (Fsp3) is 0.625. The van der Waals surface area contributed by atoms with E-state index in [0.29, 0.717) is 12.5 Å². The van der Waals surface area contributed by atoms with Crippen molar-refractivity contribution in [1.29, 1.82) is 0 Å². The van der Waals surface area contributed by atoms with Gasteiger partial charge in [0, 0.05) is 18.7 Å². The maximum atomic E-state index is 12.6. The van der Waals surface area contributed by atoms with Crippen molar-refractivity contribution in [2.75, 3.05) is 13.2 Å². The van der Waals surface area contributed by atoms with Gasteiger partial charge in [0.25, 0.3) is 5.91 Å². The summed E-state index contributed by atoms with van der Waals surface area (Å²) >= 11 is 0. The summed E-state index contributed by atoms with van der Waals surface area (Å²) in [6.07, 6.45) is -1.39. The molecule has 0 N–H and O–H groups in total. The molecular weight excluding hydrogens is 309 g/mol. The summed E-state index contributed by atoms with van der Waals surface area (Å²) in [7, 11) is 0. The number of halogens is 3. The van der Waals surface area contributed by atoms with Gasteiger partial charge < -0.3 is 9.64 Å². The lowest BCUT2D eigenvalue weighted by atomic mass is 10.1. The molecule has 0 radical (unpaired) electrons. The summed E-state index contributed by atoms with van der Waals surface area (Å²) in [6, 6.07) is 4.40. The van der Waals surface area contributed by atoms with Gasteiger partial charge >= 0.3 is 6.18 Å². The number of carbonyl (C=O) groups is 1. The molecule has 0 aromatic carbocycles. The lowest BCUT2D eigenvalue weighted by molar-refractivity contribution is -0.154. The number of pyridine rings is 1. The number of hydrogen-bond acceptors (Lipinski definition) is 3. The molecule has 1 amide bonds. The molecule has 1 fully saturated rings. The highest BCUT2D eigenvalue weighted by Gasteiger charge is 2.29. The van der Waals surface area contributed by atoms with Crippen LogP contribution in [-0.4, -0.2) is 41.2 Å². The molecule has 1 aromatic rings. The molecule has 2 atom stereocenters. The normalized spacial score (nSPS) is 22.6. The Bertz CT molecular complexity index is 548. The molecule has 2 rings (SSSR count). The Hall–Kier alpha value is -1.79. The number of carbonyl (C=O) groups excluding carboxylic acids is 1. The van der Waals surface area contributed by atoms with E-state index in [9.17, 15) is 18.0 Å². The third-order valence-corrected chi connectivity index (χ3v) is 3.95. The second-order valence-corrected chi connectivity index (χ2v) is 6.11. The molecule has 23 heavy (non-hydrogen) atoms. The zero-order chi connectivity index (χ0) is 17.0. The maximum Gasteiger partial charge on any atom is 0.422 e. The predicted octanol–water partition coefficient (Wildman–Crippen LogP) is 3.67. The van der Waals surface area contributed by atoms with E-state index in [1.807, 2.05) is 6.92 Å². The third kappa shape index (κ3) is 5.11. The number of ether oxygens (including phenoxy) is 1. The summed E-state index contributed by atoms with van der Waals surface area (Å²) in [4.78, 5) is 18.3. The molecule has 0 aliphatic carbocycles. The maximum absolute atomic E-state index is 12.6. The van der Waals surface area contributed by atoms with Gasteiger partial charge in [0.15, 0.2) is 6.61 Å². The van der Waals surface area contributed by atoms with Gasteiger partial charge in [-0.3, -0.25) is 4.79 Å². The highest BCUT2D eigenvalue weighted by atomic mass is 19.4. The molecular formula is C16H21F3N2O2. The highest BCUT2D eigenvalue weighted by molar-refractivity contribution is 5.92. The Morgan fingerprint density at radius 3 is 2.78 bits per heavy atom. The molecule has 128 valence electrons. The van der Waals surface area contributed by atoms with Crippen LogP contribution in [0.1, 0.15) is 43.6 Å². The van der Waals surface area contributed by atoms with E-state index >= 15 is 0 Å². The average molecular weight is 330 g/mol. The van der Waals surface area contributed by atoms with Crippen molar-refractivity contribution in [3.8, 4) is 5.88 Å². The van der Waals surface area contributed by atoms with Gasteiger partial charge in [0.05, 0.1) is 0 Å². The van der Waals surface area contributed by atoms with Crippen molar-refractivity contribution < 1.29 is 22.7 Å². The van der Waals surface area contributed by atoms with E-state index in [1.54, 1.807) is 4.90 Å². The minimum Gasteiger partial charge on any atom is -0.468 e. The highest BCUT2D eigenvalue weighted by Crippen LogP contribution is 2.23. The fourth-order valence-electron chi connectivity index (χ4n) is 2.72. The standard InChI is InChI=1S/C16H21F3N2O2/c1-11-5-3-6-12(2)21(9-11)15(22)13-7-4-8-14(20-13)23-10-16(17,18)19/h4,7-8,11-12H,3,5-6,9-10H2,1-2H3/t11-,12+/m1/s1. The molecule has 1 aliphatic heterocycles. The van der Waals surface area contributed by atoms with E-state index in [1.165, 1.54) is 18.2 Å². The van der Waals surface area contributed by atoms with Crippen molar-refractivity contribution in [2.45, 2.75) is 45.3 Å². The number of aromatic nitrogens is 1. The van der Waals surface area contributed by atoms with E-state index in [4.69, 9.17) is 0 Å². The molecule has 7 heteroatoms. The first-order valence-electron chi connectivity index (χ1n) is 7.74. The van der Waals surface area contributed by atoms with Crippen LogP contribution in [0.25, 0.3) is 0 Å². The molecule has 0 unspecified atom stereocenters. The zero-order valence-electron chi connectivity index (χ0n) is 13.3. The minimum absolute atomic E-state index is 0.0917. The van der Waals surface area contributed by atoms with Crippen molar-refractivity contribution in [3.05, 3.63) is 23.9 Å². The van der Waals surface area contributed by atoms with E-state index in [2.05, 4.69) is 16.6 Å². The monoisotopic (exact) mass is 330 g/mol. The Morgan fingerprint density at radius 2 is 2.09 bits per heavy atom. The van der Waals surface area contributed by atoms with Crippen LogP contribution >= 0.6 is 0 Å². The molecule has 0 spiro atoms. The van der Waals surface area contributed by atoms with Gasteiger partial charge in [0.2, 0.25) is 5.88 Å². The predicted molar refractivity (Wildman–Crippen MR) is 79.3 cm³/mol. The third-order valence-electron chi connectivity index (χ3n) is 3.95. The van der Waals surface area contributed by atoms with Crippen LogP contribution < -0.4 is 4.74 Å². The van der Waals surface area contributed by atoms with Gasteiger partial charge in [-0.25, -0.2) is 4.98 Å². The fourth-order valence-corrected chi connectivity index (χ4v) is 2.72. The topological polar surface area (TPSA) is 42.4 Å². The van der Waals surface area contributed by atoms with Crippen LogP contribution in [0.4, 0.5) is 13.2 Å². The first kappa shape index (κ1) is 17.6. The lowest BCUT2D eigenvalue weighted by Crippen LogP contribution is -2.40. The van der Waals surface area contributed by atoms with Crippen LogP contribution in [0.5, 0.6) is 5.88 Å². The number of nitrogens with zero attached hydrogens (tertiary/aromatic N) is 2. The largest absolute Gasteiger partial charge is 0.468 e. The van der Waals surface area contributed by atoms with Gasteiger partial charge in [-0.1, -0.05) is 19.4 Å². The second-order valence-electron chi connectivity index (χ2n) is 6.11. The number of hydrogen-bond donors (Lipinski definition) is 0. The zero-order valence-corrected chi connectivity index (χ0v) is 13.3. The first-order chi connectivity index (χ1) is 10.8. The number of rotatable bonds is 3. The smallest absolute Gasteiger partial charge is 0.422 e. The van der Waals surface area contributed by atoms with Crippen LogP contribution in [0.3, 0.4) is 0 Å². The molecule has 1 aromatic heterocycles. The van der Waals surface area contributed by atoms with E-state index < -0.39 is 12.8 Å². The Kier molecular flexibility index (Phi) is 5.49. The Morgan fingerprint density at radius 1 is 1.35 bits per heavy atom. The quantitative estimate of drug-likeness (QED) is 0.849. The average Bonchev–Trinajstić information content (AvgIpc) is 2.65. The van der Waals surface area contributed by atoms with Crippen LogP contribution in [0, 0.1) is 5.92 Å². The second kappa shape index (κ2) is 7.19. The SMILES string of the molecule is C[C@@H]1CCC[C@H](C)N(C(=O)c2cccc(OCC(F)(F)F)n2)C1. The molecule has 0 saturated carbocycles. The van der Waals surface area contributed by atoms with Gasteiger partial charge in [-0.15, -0.1) is 0 Å². The van der Waals surface area contributed by atoms with E-state index in [0.717, 1.165) is 19.3 Å². The van der Waals surface area contributed by atoms with Crippen molar-refractivity contribution in [3.63, 3.8) is 0 Å². The molecule has 4 nitrogen and oxygen atoms in total. The number of alkyl halides is 3. The van der Waals surface area contributed by atoms with Crippen LogP contribution in [0.15, 0.2) is 18.2 Å². The Labute approximate surface area is 133 Å². The summed E-state index contributed by atoms with van der Waals surface area (Å²) in [6.45, 7) is 3.29. The summed E-state index contributed by atoms with van der Waals surface area (Å²) in [5, 5.41) is 0. The van der Waals surface area contributed by atoms with Crippen LogP contribution in [0.2, 0.25) is 0 Å².